The van der Waals surface area contributed by atoms with Gasteiger partial charge in [-0.3, -0.25) is 4.79 Å². The van der Waals surface area contributed by atoms with Gasteiger partial charge in [-0.25, -0.2) is 14.6 Å². The van der Waals surface area contributed by atoms with Crippen molar-refractivity contribution in [3.63, 3.8) is 0 Å². The van der Waals surface area contributed by atoms with Crippen molar-refractivity contribution < 1.29 is 9.53 Å². The minimum Gasteiger partial charge on any atom is -0.367 e. The van der Waals surface area contributed by atoms with Crippen molar-refractivity contribution in [2.75, 3.05) is 19.7 Å². The highest BCUT2D eigenvalue weighted by molar-refractivity contribution is 7.09. The summed E-state index contributed by atoms with van der Waals surface area (Å²) in [6.45, 7) is 9.89. The summed E-state index contributed by atoms with van der Waals surface area (Å²) in [6, 6.07) is -0.368. The van der Waals surface area contributed by atoms with E-state index in [0.717, 1.165) is 10.7 Å². The maximum Gasteiger partial charge on any atom is 0.247 e. The van der Waals surface area contributed by atoms with Crippen LogP contribution in [0.4, 0.5) is 0 Å². The fourth-order valence-electron chi connectivity index (χ4n) is 2.57. The summed E-state index contributed by atoms with van der Waals surface area (Å²) < 4.78 is 7.44. The van der Waals surface area contributed by atoms with Crippen LogP contribution in [0.15, 0.2) is 18.0 Å². The number of hydrogen-bond acceptors (Lipinski definition) is 6. The van der Waals surface area contributed by atoms with Gasteiger partial charge in [-0.15, -0.1) is 11.3 Å². The summed E-state index contributed by atoms with van der Waals surface area (Å²) in [5.41, 5.74) is 1.08. The Bertz CT molecular complexity index is 692. The molecule has 2 aromatic rings. The van der Waals surface area contributed by atoms with Gasteiger partial charge in [0.25, 0.3) is 0 Å². The molecule has 0 unspecified atom stereocenters. The lowest BCUT2D eigenvalue weighted by Crippen LogP contribution is -2.45. The smallest absolute Gasteiger partial charge is 0.247 e. The van der Waals surface area contributed by atoms with Gasteiger partial charge in [-0.05, 0) is 6.92 Å². The Kier molecular flexibility index (Phi) is 4.69. The summed E-state index contributed by atoms with van der Waals surface area (Å²) in [5, 5.41) is 7.07. The summed E-state index contributed by atoms with van der Waals surface area (Å²) in [4.78, 5) is 23.2. The van der Waals surface area contributed by atoms with Crippen LogP contribution in [0.1, 0.15) is 50.5 Å². The second-order valence-corrected chi connectivity index (χ2v) is 7.91. The van der Waals surface area contributed by atoms with Gasteiger partial charge in [0.1, 0.15) is 29.8 Å². The first-order valence-corrected chi connectivity index (χ1v) is 8.94. The second-order valence-electron chi connectivity index (χ2n) is 7.02. The average molecular weight is 349 g/mol. The molecule has 2 atom stereocenters. The minimum absolute atomic E-state index is 0.0144. The van der Waals surface area contributed by atoms with Gasteiger partial charge >= 0.3 is 0 Å². The van der Waals surface area contributed by atoms with Crippen molar-refractivity contribution in [1.29, 1.82) is 0 Å². The van der Waals surface area contributed by atoms with Crippen molar-refractivity contribution in [3.8, 4) is 0 Å². The molecule has 2 aromatic heterocycles. The van der Waals surface area contributed by atoms with Gasteiger partial charge in [-0.1, -0.05) is 20.8 Å². The molecule has 0 spiro atoms. The number of carbonyl (C=O) groups is 1. The highest BCUT2D eigenvalue weighted by Gasteiger charge is 2.31. The standard InChI is InChI=1S/C16H23N5O2S/c1-11(21-10-17-9-18-21)15(22)20-5-6-23-12(7-20)14-19-13(8-24-14)16(2,3)4/h8-12H,5-7H2,1-4H3/t11-,12+/m0/s1. The number of hydrogen-bond donors (Lipinski definition) is 0. The molecule has 0 radical (unpaired) electrons. The molecule has 7 nitrogen and oxygen atoms in total. The van der Waals surface area contributed by atoms with Crippen LogP contribution in [0.3, 0.4) is 0 Å². The highest BCUT2D eigenvalue weighted by Crippen LogP contribution is 2.30. The number of thiazole rings is 1. The van der Waals surface area contributed by atoms with Crippen molar-refractivity contribution >= 4 is 17.2 Å². The lowest BCUT2D eigenvalue weighted by molar-refractivity contribution is -0.142. The molecule has 0 saturated carbocycles. The van der Waals surface area contributed by atoms with Crippen LogP contribution in [0, 0.1) is 0 Å². The number of aromatic nitrogens is 4. The molecule has 1 aliphatic rings. The first-order valence-electron chi connectivity index (χ1n) is 8.06. The quantitative estimate of drug-likeness (QED) is 0.849. The SMILES string of the molecule is C[C@@H](C(=O)N1CCO[C@@H](c2nc(C(C)(C)C)cs2)C1)n1cncn1. The molecule has 3 heterocycles. The third kappa shape index (κ3) is 3.49. The maximum atomic E-state index is 12.7. The molecule has 1 aliphatic heterocycles. The highest BCUT2D eigenvalue weighted by atomic mass is 32.1. The fraction of sp³-hybridized carbons (Fsp3) is 0.625. The lowest BCUT2D eigenvalue weighted by Gasteiger charge is -2.33. The topological polar surface area (TPSA) is 73.1 Å². The average Bonchev–Trinajstić information content (AvgIpc) is 3.24. The molecular formula is C16H23N5O2S. The van der Waals surface area contributed by atoms with Crippen molar-refractivity contribution in [1.82, 2.24) is 24.6 Å². The van der Waals surface area contributed by atoms with Gasteiger partial charge in [0.15, 0.2) is 0 Å². The van der Waals surface area contributed by atoms with E-state index in [1.807, 2.05) is 11.8 Å². The molecule has 0 aromatic carbocycles. The first kappa shape index (κ1) is 17.0. The largest absolute Gasteiger partial charge is 0.367 e. The number of morpholine rings is 1. The van der Waals surface area contributed by atoms with E-state index in [1.54, 1.807) is 22.3 Å². The Labute approximate surface area is 145 Å². The molecule has 1 amide bonds. The van der Waals surface area contributed by atoms with Gasteiger partial charge in [-0.2, -0.15) is 5.10 Å². The molecule has 130 valence electrons. The van der Waals surface area contributed by atoms with E-state index in [2.05, 4.69) is 36.2 Å². The zero-order chi connectivity index (χ0) is 17.3. The van der Waals surface area contributed by atoms with Crippen LogP contribution in [0.5, 0.6) is 0 Å². The molecule has 0 N–H and O–H groups in total. The summed E-state index contributed by atoms with van der Waals surface area (Å²) in [6.07, 6.45) is 2.85. The van der Waals surface area contributed by atoms with Gasteiger partial charge < -0.3 is 9.64 Å². The van der Waals surface area contributed by atoms with Crippen LogP contribution in [0.25, 0.3) is 0 Å². The third-order valence-electron chi connectivity index (χ3n) is 4.13. The number of amides is 1. The lowest BCUT2D eigenvalue weighted by atomic mass is 9.93. The number of nitrogens with zero attached hydrogens (tertiary/aromatic N) is 5. The van der Waals surface area contributed by atoms with Crippen LogP contribution in [-0.2, 0) is 14.9 Å². The predicted octanol–water partition coefficient (Wildman–Crippen LogP) is 2.19. The Morgan fingerprint density at radius 2 is 2.25 bits per heavy atom. The van der Waals surface area contributed by atoms with Crippen molar-refractivity contribution in [2.24, 2.45) is 0 Å². The predicted molar refractivity (Wildman–Crippen MR) is 90.8 cm³/mol. The van der Waals surface area contributed by atoms with E-state index >= 15 is 0 Å². The Hall–Kier alpha value is -1.80. The summed E-state index contributed by atoms with van der Waals surface area (Å²) >= 11 is 1.60. The molecule has 0 bridgehead atoms. The molecule has 1 saturated heterocycles. The Morgan fingerprint density at radius 1 is 1.46 bits per heavy atom. The van der Waals surface area contributed by atoms with Crippen LogP contribution >= 0.6 is 11.3 Å². The van der Waals surface area contributed by atoms with Crippen molar-refractivity contribution in [2.45, 2.75) is 45.3 Å². The number of carbonyl (C=O) groups excluding carboxylic acids is 1. The normalized spacial score (nSPS) is 20.2. The Balaban J connectivity index is 1.70. The molecule has 0 aliphatic carbocycles. The third-order valence-corrected chi connectivity index (χ3v) is 5.07. The van der Waals surface area contributed by atoms with Gasteiger partial charge in [0.05, 0.1) is 18.8 Å². The van der Waals surface area contributed by atoms with Gasteiger partial charge in [0, 0.05) is 17.3 Å². The number of ether oxygens (including phenoxy) is 1. The zero-order valence-corrected chi connectivity index (χ0v) is 15.3. The molecule has 24 heavy (non-hydrogen) atoms. The fourth-order valence-corrected chi connectivity index (χ4v) is 3.66. The Morgan fingerprint density at radius 3 is 2.88 bits per heavy atom. The minimum atomic E-state index is -0.368. The second kappa shape index (κ2) is 6.60. The molecule has 1 fully saturated rings. The molecular weight excluding hydrogens is 326 g/mol. The molecule has 3 rings (SSSR count). The van der Waals surface area contributed by atoms with Gasteiger partial charge in [0.2, 0.25) is 5.91 Å². The van der Waals surface area contributed by atoms with Crippen LogP contribution < -0.4 is 0 Å². The van der Waals surface area contributed by atoms with Crippen molar-refractivity contribution in [3.05, 3.63) is 28.7 Å². The zero-order valence-electron chi connectivity index (χ0n) is 14.5. The summed E-state index contributed by atoms with van der Waals surface area (Å²) in [5.74, 6) is 0.0291. The van der Waals surface area contributed by atoms with E-state index in [0.29, 0.717) is 19.7 Å². The van der Waals surface area contributed by atoms with E-state index in [1.165, 1.54) is 6.33 Å². The van der Waals surface area contributed by atoms with Crippen LogP contribution in [-0.4, -0.2) is 50.3 Å². The van der Waals surface area contributed by atoms with E-state index in [4.69, 9.17) is 9.72 Å². The van der Waals surface area contributed by atoms with E-state index < -0.39 is 0 Å². The molecule has 8 heteroatoms. The van der Waals surface area contributed by atoms with E-state index in [-0.39, 0.29) is 23.5 Å². The summed E-state index contributed by atoms with van der Waals surface area (Å²) in [7, 11) is 0. The van der Waals surface area contributed by atoms with E-state index in [9.17, 15) is 4.79 Å². The first-order chi connectivity index (χ1) is 11.4. The monoisotopic (exact) mass is 349 g/mol. The van der Waals surface area contributed by atoms with Crippen LogP contribution in [0.2, 0.25) is 0 Å². The maximum absolute atomic E-state index is 12.7. The number of rotatable bonds is 3.